The lowest BCUT2D eigenvalue weighted by Crippen LogP contribution is -2.10. The van der Waals surface area contributed by atoms with Gasteiger partial charge in [0.05, 0.1) is 20.7 Å². The second kappa shape index (κ2) is 6.23. The summed E-state index contributed by atoms with van der Waals surface area (Å²) in [7, 11) is 0. The zero-order valence-electron chi connectivity index (χ0n) is 9.12. The van der Waals surface area contributed by atoms with E-state index < -0.39 is 0 Å². The summed E-state index contributed by atoms with van der Waals surface area (Å²) in [5.74, 6) is 6.10. The van der Waals surface area contributed by atoms with E-state index in [-0.39, 0.29) is 11.8 Å². The number of anilines is 1. The first-order valence-corrected chi connectivity index (χ1v) is 7.17. The molecule has 2 rings (SSSR count). The maximum atomic E-state index is 6.06. The molecule has 1 heterocycles. The molecule has 0 amide bonds. The highest BCUT2D eigenvalue weighted by molar-refractivity contribution is 9.10. The monoisotopic (exact) mass is 426 g/mol. The molecule has 5 nitrogen and oxygen atoms in total. The number of hydrazine groups is 1. The molecule has 0 radical (unpaired) electrons. The number of benzene rings is 1. The van der Waals surface area contributed by atoms with Gasteiger partial charge in [0.2, 0.25) is 11.8 Å². The summed E-state index contributed by atoms with van der Waals surface area (Å²) in [5, 5.41) is 0.866. The topological polar surface area (TPSA) is 73.1 Å². The van der Waals surface area contributed by atoms with Crippen LogP contribution in [0.3, 0.4) is 0 Å². The van der Waals surface area contributed by atoms with Crippen molar-refractivity contribution in [2.45, 2.75) is 0 Å². The van der Waals surface area contributed by atoms with Gasteiger partial charge in [0, 0.05) is 10.5 Å². The molecular formula is C10H6Br2Cl2N4O. The highest BCUT2D eigenvalue weighted by Gasteiger charge is 2.12. The molecule has 19 heavy (non-hydrogen) atoms. The minimum absolute atomic E-state index is 0.220. The Hall–Kier alpha value is -0.600. The van der Waals surface area contributed by atoms with Gasteiger partial charge in [-0.15, -0.1) is 0 Å². The Morgan fingerprint density at radius 2 is 1.89 bits per heavy atom. The summed E-state index contributed by atoms with van der Waals surface area (Å²) < 4.78 is 6.82. The summed E-state index contributed by atoms with van der Waals surface area (Å²) in [4.78, 5) is 7.96. The molecule has 2 aromatic rings. The second-order valence-electron chi connectivity index (χ2n) is 3.29. The van der Waals surface area contributed by atoms with Gasteiger partial charge < -0.3 is 4.74 Å². The number of nitrogens with one attached hydrogen (secondary N) is 1. The first kappa shape index (κ1) is 14.8. The van der Waals surface area contributed by atoms with Gasteiger partial charge >= 0.3 is 0 Å². The molecule has 0 fully saturated rings. The van der Waals surface area contributed by atoms with Crippen LogP contribution in [0.25, 0.3) is 0 Å². The van der Waals surface area contributed by atoms with E-state index in [1.54, 1.807) is 12.1 Å². The molecular weight excluding hydrogens is 423 g/mol. The molecule has 0 saturated carbocycles. The molecule has 9 heteroatoms. The average Bonchev–Trinajstić information content (AvgIpc) is 2.38. The van der Waals surface area contributed by atoms with E-state index in [4.69, 9.17) is 33.8 Å². The lowest BCUT2D eigenvalue weighted by atomic mass is 10.3. The summed E-state index contributed by atoms with van der Waals surface area (Å²) in [6.45, 7) is 0. The van der Waals surface area contributed by atoms with Crippen molar-refractivity contribution in [1.29, 1.82) is 0 Å². The van der Waals surface area contributed by atoms with Crippen LogP contribution in [0.15, 0.2) is 27.3 Å². The molecule has 3 N–H and O–H groups in total. The average molecular weight is 429 g/mol. The number of nitrogens with two attached hydrogens (primary N) is 1. The minimum atomic E-state index is 0.220. The number of ether oxygens (including phenoxy) is 1. The van der Waals surface area contributed by atoms with Gasteiger partial charge in [0.15, 0.2) is 0 Å². The van der Waals surface area contributed by atoms with Crippen LogP contribution in [0.5, 0.6) is 11.6 Å². The van der Waals surface area contributed by atoms with Crippen LogP contribution in [0.4, 0.5) is 5.95 Å². The Labute approximate surface area is 135 Å². The summed E-state index contributed by atoms with van der Waals surface area (Å²) in [6, 6.07) is 3.22. The van der Waals surface area contributed by atoms with Crippen molar-refractivity contribution >= 4 is 61.0 Å². The van der Waals surface area contributed by atoms with E-state index >= 15 is 0 Å². The number of hydrogen-bond acceptors (Lipinski definition) is 5. The lowest BCUT2D eigenvalue weighted by Gasteiger charge is -2.10. The van der Waals surface area contributed by atoms with Crippen molar-refractivity contribution < 1.29 is 4.74 Å². The molecule has 0 unspecified atom stereocenters. The Morgan fingerprint density at radius 3 is 2.58 bits per heavy atom. The van der Waals surface area contributed by atoms with Crippen LogP contribution >= 0.6 is 55.1 Å². The van der Waals surface area contributed by atoms with Gasteiger partial charge in [0.25, 0.3) is 0 Å². The fourth-order valence-electron chi connectivity index (χ4n) is 1.18. The third-order valence-electron chi connectivity index (χ3n) is 2.02. The van der Waals surface area contributed by atoms with Crippen molar-refractivity contribution in [3.05, 3.63) is 37.3 Å². The van der Waals surface area contributed by atoms with Crippen molar-refractivity contribution in [2.24, 2.45) is 5.84 Å². The van der Waals surface area contributed by atoms with Gasteiger partial charge in [-0.2, -0.15) is 4.98 Å². The molecule has 0 atom stereocenters. The number of hydrogen-bond donors (Lipinski definition) is 2. The van der Waals surface area contributed by atoms with E-state index in [0.29, 0.717) is 24.7 Å². The van der Waals surface area contributed by atoms with Crippen molar-refractivity contribution in [3.8, 4) is 11.6 Å². The molecule has 0 spiro atoms. The Balaban J connectivity index is 2.38. The first-order chi connectivity index (χ1) is 9.01. The predicted octanol–water partition coefficient (Wildman–Crippen LogP) is 4.39. The van der Waals surface area contributed by atoms with Crippen molar-refractivity contribution in [2.75, 3.05) is 5.43 Å². The quantitative estimate of drug-likeness (QED) is 0.431. The summed E-state index contributed by atoms with van der Waals surface area (Å²) in [6.07, 6.45) is 1.51. The Kier molecular flexibility index (Phi) is 4.86. The highest BCUT2D eigenvalue weighted by Crippen LogP contribution is 2.37. The van der Waals surface area contributed by atoms with Crippen molar-refractivity contribution in [3.63, 3.8) is 0 Å². The second-order valence-corrected chi connectivity index (χ2v) is 5.81. The largest absolute Gasteiger partial charge is 0.436 e. The Morgan fingerprint density at radius 1 is 1.16 bits per heavy atom. The van der Waals surface area contributed by atoms with Crippen LogP contribution in [0.1, 0.15) is 0 Å². The third kappa shape index (κ3) is 3.49. The van der Waals surface area contributed by atoms with Gasteiger partial charge in [0.1, 0.15) is 5.75 Å². The predicted molar refractivity (Wildman–Crippen MR) is 81.8 cm³/mol. The number of aromatic nitrogens is 2. The lowest BCUT2D eigenvalue weighted by molar-refractivity contribution is 0.459. The van der Waals surface area contributed by atoms with Gasteiger partial charge in [-0.1, -0.05) is 23.2 Å². The van der Waals surface area contributed by atoms with E-state index in [1.165, 1.54) is 6.20 Å². The number of rotatable bonds is 3. The molecule has 100 valence electrons. The fourth-order valence-corrected chi connectivity index (χ4v) is 2.28. The number of nitrogens with zero attached hydrogens (tertiary/aromatic N) is 2. The zero-order valence-corrected chi connectivity index (χ0v) is 13.8. The zero-order chi connectivity index (χ0) is 14.0. The van der Waals surface area contributed by atoms with E-state index in [1.807, 2.05) is 0 Å². The van der Waals surface area contributed by atoms with Crippen LogP contribution in [0.2, 0.25) is 10.0 Å². The van der Waals surface area contributed by atoms with E-state index in [9.17, 15) is 0 Å². The summed E-state index contributed by atoms with van der Waals surface area (Å²) >= 11 is 18.6. The maximum absolute atomic E-state index is 6.06. The first-order valence-electron chi connectivity index (χ1n) is 4.83. The van der Waals surface area contributed by atoms with E-state index in [0.717, 1.165) is 0 Å². The van der Waals surface area contributed by atoms with Gasteiger partial charge in [-0.3, -0.25) is 5.43 Å². The van der Waals surface area contributed by atoms with Gasteiger partial charge in [-0.05, 0) is 37.9 Å². The molecule has 0 aliphatic heterocycles. The van der Waals surface area contributed by atoms with Crippen LogP contribution in [0, 0.1) is 0 Å². The Bertz CT molecular complexity index is 627. The fraction of sp³-hybridized carbons (Fsp3) is 0. The standard InChI is InChI=1S/C10H6Br2Cl2N4O/c11-4-1-7(14)8(2-6(4)13)19-9-5(12)3-16-10(17-9)18-15/h1-3H,15H2,(H,16,17,18). The smallest absolute Gasteiger partial charge is 0.240 e. The molecule has 0 aliphatic carbocycles. The van der Waals surface area contributed by atoms with Crippen LogP contribution in [-0.4, -0.2) is 9.97 Å². The molecule has 0 bridgehead atoms. The molecule has 0 aliphatic rings. The SMILES string of the molecule is NNc1ncc(Br)c(Oc2cc(Cl)c(Br)cc2Cl)n1. The summed E-state index contributed by atoms with van der Waals surface area (Å²) in [5.41, 5.74) is 2.33. The molecule has 1 aromatic carbocycles. The van der Waals surface area contributed by atoms with Crippen LogP contribution in [-0.2, 0) is 0 Å². The van der Waals surface area contributed by atoms with Gasteiger partial charge in [-0.25, -0.2) is 10.8 Å². The highest BCUT2D eigenvalue weighted by atomic mass is 79.9. The minimum Gasteiger partial charge on any atom is -0.436 e. The normalized spacial score (nSPS) is 10.4. The number of halogens is 4. The van der Waals surface area contributed by atoms with E-state index in [2.05, 4.69) is 47.3 Å². The number of nitrogen functional groups attached to an aromatic ring is 1. The third-order valence-corrected chi connectivity index (χ3v) is 4.06. The van der Waals surface area contributed by atoms with Crippen molar-refractivity contribution in [1.82, 2.24) is 9.97 Å². The maximum Gasteiger partial charge on any atom is 0.240 e. The molecule has 1 aromatic heterocycles. The molecule has 0 saturated heterocycles. The van der Waals surface area contributed by atoms with Crippen LogP contribution < -0.4 is 16.0 Å².